The predicted molar refractivity (Wildman–Crippen MR) is 112 cm³/mol. The van der Waals surface area contributed by atoms with Crippen LogP contribution in [0.15, 0.2) is 59.7 Å². The summed E-state index contributed by atoms with van der Waals surface area (Å²) in [5.74, 6) is -1.18. The average Bonchev–Trinajstić information content (AvgIpc) is 2.56. The number of benzene rings is 1. The molecule has 1 atom stereocenters. The van der Waals surface area contributed by atoms with Crippen molar-refractivity contribution in [3.63, 3.8) is 0 Å². The van der Waals surface area contributed by atoms with Crippen molar-refractivity contribution >= 4 is 41.0 Å². The van der Waals surface area contributed by atoms with E-state index in [1.807, 2.05) is 0 Å². The zero-order valence-electron chi connectivity index (χ0n) is 15.9. The van der Waals surface area contributed by atoms with E-state index in [9.17, 15) is 14.7 Å². The van der Waals surface area contributed by atoms with Gasteiger partial charge in [0.2, 0.25) is 0 Å². The Morgan fingerprint density at radius 3 is 2.36 bits per heavy atom. The molecule has 0 fully saturated rings. The summed E-state index contributed by atoms with van der Waals surface area (Å²) in [5.41, 5.74) is -0.868. The quantitative estimate of drug-likeness (QED) is 0.503. The molecule has 0 unspecified atom stereocenters. The minimum Gasteiger partial charge on any atom is -0.478 e. The molecule has 1 aliphatic carbocycles. The van der Waals surface area contributed by atoms with Gasteiger partial charge in [-0.05, 0) is 42.4 Å². The fourth-order valence-electron chi connectivity index (χ4n) is 3.13. The first kappa shape index (κ1) is 22.2. The van der Waals surface area contributed by atoms with Gasteiger partial charge in [-0.3, -0.25) is 4.79 Å². The Bertz CT molecular complexity index is 902. The molecule has 0 saturated heterocycles. The van der Waals surface area contributed by atoms with E-state index in [0.29, 0.717) is 26.8 Å². The molecule has 0 radical (unpaired) electrons. The van der Waals surface area contributed by atoms with Gasteiger partial charge in [0.05, 0.1) is 0 Å². The van der Waals surface area contributed by atoms with Crippen LogP contribution in [0, 0.1) is 5.41 Å². The minimum atomic E-state index is -1.49. The molecule has 2 rings (SSSR count). The average molecular weight is 421 g/mol. The van der Waals surface area contributed by atoms with Gasteiger partial charge in [-0.1, -0.05) is 61.3 Å². The molecule has 4 nitrogen and oxygen atoms in total. The molecule has 1 aromatic rings. The monoisotopic (exact) mass is 420 g/mol. The summed E-state index contributed by atoms with van der Waals surface area (Å²) in [4.78, 5) is 23.1. The molecule has 2 N–H and O–H groups in total. The van der Waals surface area contributed by atoms with Crippen LogP contribution >= 0.6 is 23.2 Å². The second kappa shape index (κ2) is 8.48. The van der Waals surface area contributed by atoms with Crippen LogP contribution in [-0.2, 0) is 9.59 Å². The lowest BCUT2D eigenvalue weighted by Crippen LogP contribution is -2.48. The van der Waals surface area contributed by atoms with E-state index >= 15 is 0 Å². The van der Waals surface area contributed by atoms with Gasteiger partial charge in [0.25, 0.3) is 0 Å². The highest BCUT2D eigenvalue weighted by Crippen LogP contribution is 2.45. The Kier molecular flexibility index (Phi) is 6.71. The molecule has 1 aromatic carbocycles. The summed E-state index contributed by atoms with van der Waals surface area (Å²) in [5, 5.41) is 21.2. The van der Waals surface area contributed by atoms with E-state index in [4.69, 9.17) is 28.3 Å². The SMILES string of the molecule is CC(=C/C(=O)O)/C=C/[C@@]1(O)C(/C=C/c2c(Cl)cccc2Cl)=CC(=O)CC1(C)C. The van der Waals surface area contributed by atoms with Gasteiger partial charge >= 0.3 is 5.97 Å². The lowest BCUT2D eigenvalue weighted by Gasteiger charge is -2.44. The molecule has 1 aliphatic rings. The van der Waals surface area contributed by atoms with Gasteiger partial charge in [0.15, 0.2) is 5.78 Å². The van der Waals surface area contributed by atoms with E-state index in [1.165, 1.54) is 18.2 Å². The minimum absolute atomic E-state index is 0.106. The number of ketones is 1. The van der Waals surface area contributed by atoms with Crippen molar-refractivity contribution in [3.05, 3.63) is 75.3 Å². The maximum absolute atomic E-state index is 12.2. The first-order valence-electron chi connectivity index (χ1n) is 8.66. The van der Waals surface area contributed by atoms with E-state index < -0.39 is 17.0 Å². The number of aliphatic hydroxyl groups is 1. The molecule has 0 bridgehead atoms. The van der Waals surface area contributed by atoms with E-state index in [2.05, 4.69) is 0 Å². The Balaban J connectivity index is 2.52. The number of carbonyl (C=O) groups is 2. The topological polar surface area (TPSA) is 74.6 Å². The lowest BCUT2D eigenvalue weighted by molar-refractivity contribution is -0.131. The van der Waals surface area contributed by atoms with Crippen molar-refractivity contribution in [2.75, 3.05) is 0 Å². The molecule has 0 amide bonds. The molecule has 0 saturated carbocycles. The third kappa shape index (κ3) is 4.82. The van der Waals surface area contributed by atoms with Gasteiger partial charge in [0, 0.05) is 33.5 Å². The van der Waals surface area contributed by atoms with E-state index in [0.717, 1.165) is 6.08 Å². The van der Waals surface area contributed by atoms with Crippen molar-refractivity contribution in [3.8, 4) is 0 Å². The number of halogens is 2. The summed E-state index contributed by atoms with van der Waals surface area (Å²) in [6, 6.07) is 5.12. The second-order valence-corrected chi connectivity index (χ2v) is 8.24. The summed E-state index contributed by atoms with van der Waals surface area (Å²) >= 11 is 12.4. The third-order valence-electron chi connectivity index (χ3n) is 4.77. The number of carboxylic acid groups (broad SMARTS) is 1. The summed E-state index contributed by atoms with van der Waals surface area (Å²) in [7, 11) is 0. The van der Waals surface area contributed by atoms with E-state index in [-0.39, 0.29) is 12.2 Å². The number of allylic oxidation sites excluding steroid dienone is 3. The molecule has 0 spiro atoms. The summed E-state index contributed by atoms with van der Waals surface area (Å²) in [6.45, 7) is 5.20. The van der Waals surface area contributed by atoms with Crippen molar-refractivity contribution in [2.24, 2.45) is 5.41 Å². The highest BCUT2D eigenvalue weighted by Gasteiger charge is 2.47. The van der Waals surface area contributed by atoms with Crippen LogP contribution < -0.4 is 0 Å². The summed E-state index contributed by atoms with van der Waals surface area (Å²) in [6.07, 6.45) is 8.93. The maximum atomic E-state index is 12.2. The molecule has 0 aromatic heterocycles. The van der Waals surface area contributed by atoms with E-state index in [1.54, 1.807) is 51.1 Å². The van der Waals surface area contributed by atoms with Crippen LogP contribution in [0.3, 0.4) is 0 Å². The molecular weight excluding hydrogens is 399 g/mol. The fraction of sp³-hybridized carbons (Fsp3) is 0.273. The molecule has 6 heteroatoms. The normalized spacial score (nSPS) is 22.7. The van der Waals surface area contributed by atoms with Crippen molar-refractivity contribution in [1.82, 2.24) is 0 Å². The lowest BCUT2D eigenvalue weighted by atomic mass is 9.64. The highest BCUT2D eigenvalue weighted by molar-refractivity contribution is 6.37. The molecule has 0 heterocycles. The zero-order valence-corrected chi connectivity index (χ0v) is 17.4. The van der Waals surface area contributed by atoms with Crippen LogP contribution in [0.4, 0.5) is 0 Å². The number of carbonyl (C=O) groups excluding carboxylic acids is 1. The second-order valence-electron chi connectivity index (χ2n) is 7.42. The van der Waals surface area contributed by atoms with Gasteiger partial charge in [-0.2, -0.15) is 0 Å². The van der Waals surface area contributed by atoms with Crippen LogP contribution in [0.5, 0.6) is 0 Å². The number of rotatable bonds is 5. The Labute approximate surface area is 174 Å². The Morgan fingerprint density at radius 2 is 1.79 bits per heavy atom. The van der Waals surface area contributed by atoms with Crippen molar-refractivity contribution < 1.29 is 19.8 Å². The predicted octanol–water partition coefficient (Wildman–Crippen LogP) is 5.25. The number of hydrogen-bond acceptors (Lipinski definition) is 3. The zero-order chi connectivity index (χ0) is 21.1. The van der Waals surface area contributed by atoms with Crippen LogP contribution in [0.25, 0.3) is 6.08 Å². The van der Waals surface area contributed by atoms with Crippen LogP contribution in [-0.4, -0.2) is 27.6 Å². The Morgan fingerprint density at radius 1 is 1.18 bits per heavy atom. The van der Waals surface area contributed by atoms with Crippen molar-refractivity contribution in [1.29, 1.82) is 0 Å². The van der Waals surface area contributed by atoms with Crippen LogP contribution in [0.2, 0.25) is 10.0 Å². The highest BCUT2D eigenvalue weighted by atomic mass is 35.5. The van der Waals surface area contributed by atoms with Crippen molar-refractivity contribution in [2.45, 2.75) is 32.8 Å². The number of hydrogen-bond donors (Lipinski definition) is 2. The fourth-order valence-corrected chi connectivity index (χ4v) is 3.65. The molecular formula is C22H22Cl2O4. The third-order valence-corrected chi connectivity index (χ3v) is 5.43. The molecule has 0 aliphatic heterocycles. The number of aliphatic carboxylic acids is 1. The van der Waals surface area contributed by atoms with Gasteiger partial charge in [-0.15, -0.1) is 0 Å². The standard InChI is InChI=1S/C22H22Cl2O4/c1-14(11-20(26)27)9-10-22(28)15(12-16(25)13-21(22,2)3)7-8-17-18(23)5-4-6-19(17)24/h4-12,28H,13H2,1-3H3,(H,26,27)/b8-7+,10-9+,14-11-/t22-/m1/s1. The smallest absolute Gasteiger partial charge is 0.328 e. The first-order chi connectivity index (χ1) is 13.0. The number of carboxylic acids is 1. The molecule has 148 valence electrons. The summed E-state index contributed by atoms with van der Waals surface area (Å²) < 4.78 is 0. The van der Waals surface area contributed by atoms with Crippen LogP contribution in [0.1, 0.15) is 32.8 Å². The van der Waals surface area contributed by atoms with Gasteiger partial charge in [-0.25, -0.2) is 4.79 Å². The van der Waals surface area contributed by atoms with Gasteiger partial charge < -0.3 is 10.2 Å². The largest absolute Gasteiger partial charge is 0.478 e. The Hall–Kier alpha value is -2.14. The first-order valence-corrected chi connectivity index (χ1v) is 9.42. The van der Waals surface area contributed by atoms with Gasteiger partial charge in [0.1, 0.15) is 5.60 Å². The molecule has 28 heavy (non-hydrogen) atoms. The maximum Gasteiger partial charge on any atom is 0.328 e.